The van der Waals surface area contributed by atoms with Gasteiger partial charge in [-0.15, -0.1) is 0 Å². The first-order valence-electron chi connectivity index (χ1n) is 9.22. The standard InChI is InChI=1S/C25H19BrN2/c26-18-9-14-22-21-3-1-2-4-23(21)25(24(22)15-18,16-5-10-19(27)11-6-16)17-7-12-20(28)13-8-17/h1-15H,27-28H2. The number of anilines is 2. The van der Waals surface area contributed by atoms with E-state index in [4.69, 9.17) is 11.5 Å². The predicted molar refractivity (Wildman–Crippen MR) is 120 cm³/mol. The molecule has 0 amide bonds. The largest absolute Gasteiger partial charge is 0.399 e. The summed E-state index contributed by atoms with van der Waals surface area (Å²) in [6, 6.07) is 31.7. The lowest BCUT2D eigenvalue weighted by Crippen LogP contribution is -2.28. The van der Waals surface area contributed by atoms with E-state index in [9.17, 15) is 0 Å². The van der Waals surface area contributed by atoms with E-state index in [0.717, 1.165) is 15.8 Å². The van der Waals surface area contributed by atoms with Crippen molar-refractivity contribution in [2.45, 2.75) is 5.41 Å². The number of halogens is 1. The topological polar surface area (TPSA) is 52.0 Å². The smallest absolute Gasteiger partial charge is 0.0714 e. The SMILES string of the molecule is Nc1ccc(C2(c3ccc(N)cc3)c3ccccc3-c3ccc(Br)cc32)cc1. The van der Waals surface area contributed by atoms with Crippen LogP contribution in [-0.4, -0.2) is 0 Å². The third kappa shape index (κ3) is 2.33. The van der Waals surface area contributed by atoms with Gasteiger partial charge in [-0.05, 0) is 69.8 Å². The van der Waals surface area contributed by atoms with E-state index in [1.54, 1.807) is 0 Å². The molecule has 0 radical (unpaired) electrons. The van der Waals surface area contributed by atoms with Gasteiger partial charge in [-0.25, -0.2) is 0 Å². The van der Waals surface area contributed by atoms with Crippen molar-refractivity contribution in [2.24, 2.45) is 0 Å². The zero-order chi connectivity index (χ0) is 19.3. The maximum atomic E-state index is 6.02. The minimum absolute atomic E-state index is 0.420. The molecule has 0 heterocycles. The first-order valence-corrected chi connectivity index (χ1v) is 10.0. The number of nitrogens with two attached hydrogens (primary N) is 2. The Kier molecular flexibility index (Phi) is 3.81. The van der Waals surface area contributed by atoms with Gasteiger partial charge in [0.1, 0.15) is 0 Å². The van der Waals surface area contributed by atoms with E-state index in [1.165, 1.54) is 33.4 Å². The molecule has 4 N–H and O–H groups in total. The van der Waals surface area contributed by atoms with Gasteiger partial charge in [-0.1, -0.05) is 70.5 Å². The lowest BCUT2D eigenvalue weighted by molar-refractivity contribution is 0.768. The normalized spacial score (nSPS) is 13.8. The third-order valence-electron chi connectivity index (χ3n) is 5.69. The predicted octanol–water partition coefficient (Wildman–Crippen LogP) is 5.98. The van der Waals surface area contributed by atoms with Crippen molar-refractivity contribution in [3.8, 4) is 11.1 Å². The summed E-state index contributed by atoms with van der Waals surface area (Å²) >= 11 is 3.69. The molecule has 0 spiro atoms. The van der Waals surface area contributed by atoms with Crippen molar-refractivity contribution in [1.82, 2.24) is 0 Å². The maximum Gasteiger partial charge on any atom is 0.0714 e. The van der Waals surface area contributed by atoms with Crippen molar-refractivity contribution in [2.75, 3.05) is 11.5 Å². The number of fused-ring (bicyclic) bond motifs is 3. The Labute approximate surface area is 173 Å². The molecule has 2 nitrogen and oxygen atoms in total. The summed E-state index contributed by atoms with van der Waals surface area (Å²) in [5.41, 5.74) is 20.6. The van der Waals surface area contributed by atoms with Gasteiger partial charge in [-0.2, -0.15) is 0 Å². The Balaban J connectivity index is 1.96. The van der Waals surface area contributed by atoms with Gasteiger partial charge in [-0.3, -0.25) is 0 Å². The van der Waals surface area contributed by atoms with Gasteiger partial charge in [0, 0.05) is 15.8 Å². The molecule has 0 bridgehead atoms. The zero-order valence-electron chi connectivity index (χ0n) is 15.2. The van der Waals surface area contributed by atoms with Crippen LogP contribution in [0.25, 0.3) is 11.1 Å². The molecule has 0 saturated heterocycles. The highest BCUT2D eigenvalue weighted by Gasteiger charge is 2.45. The van der Waals surface area contributed by atoms with E-state index in [-0.39, 0.29) is 0 Å². The van der Waals surface area contributed by atoms with Gasteiger partial charge >= 0.3 is 0 Å². The monoisotopic (exact) mass is 426 g/mol. The summed E-state index contributed by atoms with van der Waals surface area (Å²) in [7, 11) is 0. The molecule has 4 aromatic rings. The third-order valence-corrected chi connectivity index (χ3v) is 6.19. The van der Waals surface area contributed by atoms with Gasteiger partial charge in [0.15, 0.2) is 0 Å². The fraction of sp³-hybridized carbons (Fsp3) is 0.0400. The summed E-state index contributed by atoms with van der Waals surface area (Å²) in [5, 5.41) is 0. The molecular formula is C25H19BrN2. The molecule has 0 fully saturated rings. The Morgan fingerprint density at radius 2 is 1.11 bits per heavy atom. The van der Waals surface area contributed by atoms with Crippen LogP contribution in [-0.2, 0) is 5.41 Å². The van der Waals surface area contributed by atoms with Crippen LogP contribution in [0.4, 0.5) is 11.4 Å². The molecular weight excluding hydrogens is 408 g/mol. The number of benzene rings is 4. The highest BCUT2D eigenvalue weighted by molar-refractivity contribution is 9.10. The van der Waals surface area contributed by atoms with E-state index in [0.29, 0.717) is 0 Å². The fourth-order valence-corrected chi connectivity index (χ4v) is 4.87. The molecule has 1 aliphatic carbocycles. The number of hydrogen-bond acceptors (Lipinski definition) is 2. The molecule has 28 heavy (non-hydrogen) atoms. The van der Waals surface area contributed by atoms with E-state index < -0.39 is 5.41 Å². The molecule has 5 rings (SSSR count). The zero-order valence-corrected chi connectivity index (χ0v) is 16.8. The minimum Gasteiger partial charge on any atom is -0.399 e. The number of nitrogen functional groups attached to an aromatic ring is 2. The first kappa shape index (κ1) is 17.1. The van der Waals surface area contributed by atoms with Crippen molar-refractivity contribution < 1.29 is 0 Å². The van der Waals surface area contributed by atoms with Crippen molar-refractivity contribution in [3.63, 3.8) is 0 Å². The molecule has 0 saturated carbocycles. The minimum atomic E-state index is -0.420. The summed E-state index contributed by atoms with van der Waals surface area (Å²) in [6.45, 7) is 0. The van der Waals surface area contributed by atoms with Gasteiger partial charge in [0.05, 0.1) is 5.41 Å². The van der Waals surface area contributed by atoms with Crippen molar-refractivity contribution in [1.29, 1.82) is 0 Å². The Morgan fingerprint density at radius 3 is 1.71 bits per heavy atom. The van der Waals surface area contributed by atoms with Crippen molar-refractivity contribution >= 4 is 27.3 Å². The van der Waals surface area contributed by atoms with Crippen LogP contribution < -0.4 is 11.5 Å². The molecule has 0 atom stereocenters. The Morgan fingerprint density at radius 1 is 0.571 bits per heavy atom. The summed E-state index contributed by atoms with van der Waals surface area (Å²) in [6.07, 6.45) is 0. The quantitative estimate of drug-likeness (QED) is 0.341. The van der Waals surface area contributed by atoms with Crippen LogP contribution in [0.2, 0.25) is 0 Å². The molecule has 4 aromatic carbocycles. The Bertz CT molecular complexity index is 1130. The number of hydrogen-bond donors (Lipinski definition) is 2. The van der Waals surface area contributed by atoms with Crippen LogP contribution in [0, 0.1) is 0 Å². The van der Waals surface area contributed by atoms with Crippen molar-refractivity contribution in [3.05, 3.63) is 118 Å². The first-order chi connectivity index (χ1) is 13.6. The van der Waals surface area contributed by atoms with Crippen LogP contribution in [0.3, 0.4) is 0 Å². The molecule has 0 aliphatic heterocycles. The van der Waals surface area contributed by atoms with E-state index in [1.807, 2.05) is 24.3 Å². The molecule has 0 unspecified atom stereocenters. The second-order valence-electron chi connectivity index (χ2n) is 7.23. The summed E-state index contributed by atoms with van der Waals surface area (Å²) in [5.74, 6) is 0. The molecule has 136 valence electrons. The average Bonchev–Trinajstić information content (AvgIpc) is 3.00. The second-order valence-corrected chi connectivity index (χ2v) is 8.15. The maximum absolute atomic E-state index is 6.02. The summed E-state index contributed by atoms with van der Waals surface area (Å²) in [4.78, 5) is 0. The lowest BCUT2D eigenvalue weighted by atomic mass is 9.67. The van der Waals surface area contributed by atoms with Crippen LogP contribution in [0.15, 0.2) is 95.5 Å². The molecule has 0 aromatic heterocycles. The lowest BCUT2D eigenvalue weighted by Gasteiger charge is -2.34. The van der Waals surface area contributed by atoms with E-state index >= 15 is 0 Å². The van der Waals surface area contributed by atoms with Crippen LogP contribution >= 0.6 is 15.9 Å². The van der Waals surface area contributed by atoms with Gasteiger partial charge < -0.3 is 11.5 Å². The van der Waals surface area contributed by atoms with E-state index in [2.05, 4.69) is 82.7 Å². The molecule has 3 heteroatoms. The Hall–Kier alpha value is -3.04. The highest BCUT2D eigenvalue weighted by atomic mass is 79.9. The highest BCUT2D eigenvalue weighted by Crippen LogP contribution is 2.56. The molecule has 1 aliphatic rings. The average molecular weight is 427 g/mol. The van der Waals surface area contributed by atoms with Gasteiger partial charge in [0.2, 0.25) is 0 Å². The van der Waals surface area contributed by atoms with Crippen LogP contribution in [0.5, 0.6) is 0 Å². The number of rotatable bonds is 2. The fourth-order valence-electron chi connectivity index (χ4n) is 4.51. The summed E-state index contributed by atoms with van der Waals surface area (Å²) < 4.78 is 1.06. The van der Waals surface area contributed by atoms with Crippen LogP contribution in [0.1, 0.15) is 22.3 Å². The van der Waals surface area contributed by atoms with Gasteiger partial charge in [0.25, 0.3) is 0 Å². The second kappa shape index (κ2) is 6.25.